The van der Waals surface area contributed by atoms with Gasteiger partial charge in [0.1, 0.15) is 5.82 Å². The van der Waals surface area contributed by atoms with Crippen molar-refractivity contribution in [1.82, 2.24) is 19.6 Å². The molecule has 0 saturated carbocycles. The highest BCUT2D eigenvalue weighted by atomic mass is 32.1. The van der Waals surface area contributed by atoms with Gasteiger partial charge in [-0.15, -0.1) is 0 Å². The zero-order valence-corrected chi connectivity index (χ0v) is 16.6. The van der Waals surface area contributed by atoms with Crippen LogP contribution >= 0.6 is 11.3 Å². The summed E-state index contributed by atoms with van der Waals surface area (Å²) in [5, 5.41) is 5.76. The Morgan fingerprint density at radius 1 is 0.889 bits per heavy atom. The molecule has 0 radical (unpaired) electrons. The van der Waals surface area contributed by atoms with Gasteiger partial charge in [-0.05, 0) is 32.4 Å². The van der Waals surface area contributed by atoms with Crippen molar-refractivity contribution in [3.63, 3.8) is 0 Å². The van der Waals surface area contributed by atoms with Gasteiger partial charge in [-0.3, -0.25) is 0 Å². The normalized spacial score (nSPS) is 15.2. The lowest BCUT2D eigenvalue weighted by molar-refractivity contribution is 0.637. The smallest absolute Gasteiger partial charge is 0.186 e. The molecule has 0 aliphatic carbocycles. The van der Waals surface area contributed by atoms with Crippen LogP contribution in [0.25, 0.3) is 15.9 Å². The summed E-state index contributed by atoms with van der Waals surface area (Å²) in [4.78, 5) is 14.3. The van der Waals surface area contributed by atoms with Gasteiger partial charge in [0.25, 0.3) is 0 Å². The third-order valence-corrected chi connectivity index (χ3v) is 6.22. The Hall–Kier alpha value is -2.67. The third-order valence-electron chi connectivity index (χ3n) is 5.14. The maximum absolute atomic E-state index is 4.90. The molecule has 0 amide bonds. The molecule has 4 aromatic rings. The van der Waals surface area contributed by atoms with E-state index in [0.717, 1.165) is 59.7 Å². The fourth-order valence-corrected chi connectivity index (χ4v) is 4.85. The van der Waals surface area contributed by atoms with E-state index in [4.69, 9.17) is 4.98 Å². The van der Waals surface area contributed by atoms with E-state index in [9.17, 15) is 0 Å². The zero-order chi connectivity index (χ0) is 18.5. The van der Waals surface area contributed by atoms with Gasteiger partial charge in [0.15, 0.2) is 10.8 Å². The van der Waals surface area contributed by atoms with Crippen molar-refractivity contribution in [2.24, 2.45) is 0 Å². The number of hydrogen-bond acceptors (Lipinski definition) is 6. The number of hydrogen-bond donors (Lipinski definition) is 0. The maximum Gasteiger partial charge on any atom is 0.186 e. The largest absolute Gasteiger partial charge is 0.353 e. The number of thiazole rings is 1. The zero-order valence-electron chi connectivity index (χ0n) is 15.8. The highest BCUT2D eigenvalue weighted by Crippen LogP contribution is 2.31. The first kappa shape index (κ1) is 16.5. The van der Waals surface area contributed by atoms with E-state index < -0.39 is 0 Å². The van der Waals surface area contributed by atoms with Crippen molar-refractivity contribution < 1.29 is 0 Å². The van der Waals surface area contributed by atoms with Gasteiger partial charge in [0, 0.05) is 44.0 Å². The molecular weight excluding hydrogens is 356 g/mol. The lowest BCUT2D eigenvalue weighted by atomic mass is 10.2. The molecule has 0 bridgehead atoms. The number of anilines is 2. The van der Waals surface area contributed by atoms with Gasteiger partial charge in [-0.2, -0.15) is 9.61 Å². The number of benzene rings is 1. The first-order chi connectivity index (χ1) is 13.1. The first-order valence-corrected chi connectivity index (χ1v) is 10.1. The molecule has 138 valence electrons. The van der Waals surface area contributed by atoms with Crippen molar-refractivity contribution in [2.45, 2.75) is 20.8 Å². The topological polar surface area (TPSA) is 49.6 Å². The summed E-state index contributed by atoms with van der Waals surface area (Å²) in [6.45, 7) is 10.0. The molecular formula is C20H22N6S. The number of aromatic nitrogens is 4. The van der Waals surface area contributed by atoms with Crippen LogP contribution in [0.15, 0.2) is 30.3 Å². The van der Waals surface area contributed by atoms with Crippen LogP contribution in [0.5, 0.6) is 0 Å². The van der Waals surface area contributed by atoms with Gasteiger partial charge < -0.3 is 9.80 Å². The van der Waals surface area contributed by atoms with Crippen molar-refractivity contribution in [1.29, 1.82) is 0 Å². The Bertz CT molecular complexity index is 1140. The van der Waals surface area contributed by atoms with Gasteiger partial charge >= 0.3 is 0 Å². The van der Waals surface area contributed by atoms with Crippen LogP contribution in [0.4, 0.5) is 10.9 Å². The highest BCUT2D eigenvalue weighted by Gasteiger charge is 2.22. The van der Waals surface area contributed by atoms with Crippen LogP contribution < -0.4 is 9.80 Å². The van der Waals surface area contributed by atoms with Crippen LogP contribution in [-0.4, -0.2) is 45.8 Å². The fourth-order valence-electron chi connectivity index (χ4n) is 3.76. The molecule has 7 heteroatoms. The van der Waals surface area contributed by atoms with Gasteiger partial charge in [-0.1, -0.05) is 23.5 Å². The summed E-state index contributed by atoms with van der Waals surface area (Å²) >= 11 is 1.79. The predicted molar refractivity (Wildman–Crippen MR) is 111 cm³/mol. The Balaban J connectivity index is 1.40. The summed E-state index contributed by atoms with van der Waals surface area (Å²) in [7, 11) is 0. The fraction of sp³-hybridized carbons (Fsp3) is 0.350. The quantitative estimate of drug-likeness (QED) is 0.533. The number of nitrogens with zero attached hydrogens (tertiary/aromatic N) is 6. The lowest BCUT2D eigenvalue weighted by Crippen LogP contribution is -2.47. The van der Waals surface area contributed by atoms with Crippen LogP contribution in [-0.2, 0) is 0 Å². The van der Waals surface area contributed by atoms with E-state index in [1.807, 2.05) is 24.4 Å². The van der Waals surface area contributed by atoms with Crippen molar-refractivity contribution >= 4 is 38.2 Å². The first-order valence-electron chi connectivity index (χ1n) is 9.28. The van der Waals surface area contributed by atoms with Crippen molar-refractivity contribution in [3.8, 4) is 0 Å². The molecule has 1 aliphatic heterocycles. The van der Waals surface area contributed by atoms with E-state index in [-0.39, 0.29) is 0 Å². The summed E-state index contributed by atoms with van der Waals surface area (Å²) in [6.07, 6.45) is 0. The second-order valence-electron chi connectivity index (χ2n) is 7.20. The summed E-state index contributed by atoms with van der Waals surface area (Å²) in [6, 6.07) is 10.6. The van der Waals surface area contributed by atoms with Crippen LogP contribution in [0, 0.1) is 20.8 Å². The molecule has 0 atom stereocenters. The standard InChI is InChI=1S/C20H22N6S/c1-13-5-4-6-16-19(13)22-20(27-16)25-9-7-24(8-10-25)18-12-14(2)21-17-11-15(3)23-26(17)18/h4-6,11-12H,7-10H2,1-3H3. The minimum absolute atomic E-state index is 0.923. The number of rotatable bonds is 2. The highest BCUT2D eigenvalue weighted by molar-refractivity contribution is 7.22. The molecule has 0 spiro atoms. The molecule has 5 rings (SSSR count). The molecule has 0 N–H and O–H groups in total. The molecule has 1 aromatic carbocycles. The summed E-state index contributed by atoms with van der Waals surface area (Å²) in [5.74, 6) is 1.13. The molecule has 1 fully saturated rings. The number of fused-ring (bicyclic) bond motifs is 2. The average Bonchev–Trinajstić information content (AvgIpc) is 3.25. The molecule has 6 nitrogen and oxygen atoms in total. The number of piperazine rings is 1. The molecule has 1 aliphatic rings. The average molecular weight is 379 g/mol. The Labute approximate surface area is 162 Å². The Morgan fingerprint density at radius 2 is 1.67 bits per heavy atom. The predicted octanol–water partition coefficient (Wildman–Crippen LogP) is 3.59. The molecule has 27 heavy (non-hydrogen) atoms. The van der Waals surface area contributed by atoms with E-state index in [1.165, 1.54) is 10.3 Å². The minimum atomic E-state index is 0.923. The van der Waals surface area contributed by atoms with E-state index >= 15 is 0 Å². The van der Waals surface area contributed by atoms with E-state index in [2.05, 4.69) is 51.1 Å². The number of aryl methyl sites for hydroxylation is 3. The molecule has 0 unspecified atom stereocenters. The van der Waals surface area contributed by atoms with Gasteiger partial charge in [0.05, 0.1) is 15.9 Å². The SMILES string of the molecule is Cc1cc(N2CCN(c3nc4c(C)cccc4s3)CC2)n2nc(C)cc2n1. The van der Waals surface area contributed by atoms with Crippen molar-refractivity contribution in [2.75, 3.05) is 36.0 Å². The maximum atomic E-state index is 4.90. The van der Waals surface area contributed by atoms with E-state index in [0.29, 0.717) is 0 Å². The van der Waals surface area contributed by atoms with Crippen molar-refractivity contribution in [3.05, 3.63) is 47.3 Å². The van der Waals surface area contributed by atoms with Crippen LogP contribution in [0.3, 0.4) is 0 Å². The Kier molecular flexibility index (Phi) is 3.79. The second kappa shape index (κ2) is 6.20. The lowest BCUT2D eigenvalue weighted by Gasteiger charge is -2.35. The summed E-state index contributed by atoms with van der Waals surface area (Å²) < 4.78 is 3.24. The molecule has 3 aromatic heterocycles. The minimum Gasteiger partial charge on any atom is -0.353 e. The third kappa shape index (κ3) is 2.82. The van der Waals surface area contributed by atoms with E-state index in [1.54, 1.807) is 11.3 Å². The second-order valence-corrected chi connectivity index (χ2v) is 8.21. The molecule has 1 saturated heterocycles. The monoisotopic (exact) mass is 378 g/mol. The van der Waals surface area contributed by atoms with Crippen LogP contribution in [0.1, 0.15) is 17.0 Å². The number of para-hydroxylation sites is 1. The van der Waals surface area contributed by atoms with Gasteiger partial charge in [0.2, 0.25) is 0 Å². The summed E-state index contributed by atoms with van der Waals surface area (Å²) in [5.41, 5.74) is 5.33. The molecule has 4 heterocycles. The van der Waals surface area contributed by atoms with Crippen LogP contribution in [0.2, 0.25) is 0 Å². The Morgan fingerprint density at radius 3 is 2.44 bits per heavy atom. The van der Waals surface area contributed by atoms with Gasteiger partial charge in [-0.25, -0.2) is 9.97 Å².